The number of carbonyl (C=O) groups is 2. The third-order valence-electron chi connectivity index (χ3n) is 6.55. The van der Waals surface area contributed by atoms with Crippen LogP contribution < -0.4 is 5.32 Å². The van der Waals surface area contributed by atoms with E-state index in [1.807, 2.05) is 17.9 Å². The zero-order valence-electron chi connectivity index (χ0n) is 18.1. The number of nitrogens with one attached hydrogen (secondary N) is 1. The molecule has 2 fully saturated rings. The van der Waals surface area contributed by atoms with Crippen LogP contribution in [0, 0.1) is 18.7 Å². The van der Waals surface area contributed by atoms with Gasteiger partial charge < -0.3 is 10.2 Å². The van der Waals surface area contributed by atoms with Gasteiger partial charge in [0.2, 0.25) is 5.91 Å². The normalized spacial score (nSPS) is 17.7. The molecule has 2 amide bonds. The second kappa shape index (κ2) is 9.60. The van der Waals surface area contributed by atoms with E-state index in [1.165, 1.54) is 18.9 Å². The van der Waals surface area contributed by atoms with Crippen LogP contribution in [-0.2, 0) is 11.3 Å². The topological polar surface area (TPSA) is 52.6 Å². The van der Waals surface area contributed by atoms with Crippen molar-refractivity contribution in [2.75, 3.05) is 31.5 Å². The highest BCUT2D eigenvalue weighted by atomic mass is 19.1. The van der Waals surface area contributed by atoms with Gasteiger partial charge in [-0.15, -0.1) is 0 Å². The number of piperazine rings is 1. The highest BCUT2D eigenvalue weighted by Crippen LogP contribution is 2.27. The molecule has 0 spiro atoms. The average Bonchev–Trinajstić information content (AvgIpc) is 3.32. The molecule has 0 radical (unpaired) electrons. The van der Waals surface area contributed by atoms with E-state index >= 15 is 0 Å². The van der Waals surface area contributed by atoms with Crippen molar-refractivity contribution >= 4 is 17.5 Å². The predicted molar refractivity (Wildman–Crippen MR) is 119 cm³/mol. The molecule has 164 valence electrons. The van der Waals surface area contributed by atoms with Crippen LogP contribution in [0.2, 0.25) is 0 Å². The molecule has 31 heavy (non-hydrogen) atoms. The second-order valence-electron chi connectivity index (χ2n) is 8.64. The van der Waals surface area contributed by atoms with Crippen molar-refractivity contribution in [2.45, 2.75) is 39.2 Å². The van der Waals surface area contributed by atoms with Crippen LogP contribution in [0.15, 0.2) is 42.5 Å². The fourth-order valence-electron chi connectivity index (χ4n) is 4.61. The van der Waals surface area contributed by atoms with Crippen LogP contribution in [0.3, 0.4) is 0 Å². The lowest BCUT2D eigenvalue weighted by molar-refractivity contribution is -0.137. The maximum absolute atomic E-state index is 14.3. The Balaban J connectivity index is 1.39. The molecule has 4 rings (SSSR count). The van der Waals surface area contributed by atoms with Crippen molar-refractivity contribution in [2.24, 2.45) is 5.92 Å². The molecule has 1 aliphatic carbocycles. The maximum atomic E-state index is 14.3. The van der Waals surface area contributed by atoms with E-state index in [9.17, 15) is 14.0 Å². The predicted octanol–water partition coefficient (Wildman–Crippen LogP) is 4.22. The third-order valence-corrected chi connectivity index (χ3v) is 6.55. The summed E-state index contributed by atoms with van der Waals surface area (Å²) in [5, 5.41) is 2.85. The minimum absolute atomic E-state index is 0.216. The standard InChI is InChI=1S/C25H30FN3O2/c1-18-21(15-22(26)16-23(18)27-24(30)19-7-3-2-4-8-19)17-28-11-13-29(14-12-28)25(31)20-9-5-6-10-20/h2-4,7-8,15-16,20H,5-6,9-14,17H2,1H3,(H,27,30). The maximum Gasteiger partial charge on any atom is 0.255 e. The van der Waals surface area contributed by atoms with Gasteiger partial charge >= 0.3 is 0 Å². The Kier molecular flexibility index (Phi) is 6.66. The quantitative estimate of drug-likeness (QED) is 0.783. The third kappa shape index (κ3) is 5.13. The Morgan fingerprint density at radius 1 is 1.03 bits per heavy atom. The number of benzene rings is 2. The molecule has 2 aromatic carbocycles. The Bertz CT molecular complexity index is 933. The molecule has 6 heteroatoms. The molecule has 2 aromatic rings. The SMILES string of the molecule is Cc1c(CN2CCN(C(=O)C3CCCC3)CC2)cc(F)cc1NC(=O)c1ccccc1. The monoisotopic (exact) mass is 423 g/mol. The first-order valence-corrected chi connectivity index (χ1v) is 11.2. The molecular formula is C25H30FN3O2. The molecule has 0 atom stereocenters. The van der Waals surface area contributed by atoms with Crippen LogP contribution in [-0.4, -0.2) is 47.8 Å². The zero-order valence-corrected chi connectivity index (χ0v) is 18.1. The van der Waals surface area contributed by atoms with Gasteiger partial charge in [-0.3, -0.25) is 14.5 Å². The average molecular weight is 424 g/mol. The number of hydrogen-bond donors (Lipinski definition) is 1. The van der Waals surface area contributed by atoms with Crippen molar-refractivity contribution in [3.8, 4) is 0 Å². The lowest BCUT2D eigenvalue weighted by Crippen LogP contribution is -2.49. The van der Waals surface area contributed by atoms with Crippen molar-refractivity contribution in [1.29, 1.82) is 0 Å². The lowest BCUT2D eigenvalue weighted by atomic mass is 10.0. The van der Waals surface area contributed by atoms with E-state index in [4.69, 9.17) is 0 Å². The van der Waals surface area contributed by atoms with Crippen molar-refractivity contribution in [3.63, 3.8) is 0 Å². The summed E-state index contributed by atoms with van der Waals surface area (Å²) in [7, 11) is 0. The van der Waals surface area contributed by atoms with Crippen LogP contribution in [0.1, 0.15) is 47.2 Å². The largest absolute Gasteiger partial charge is 0.340 e. The summed E-state index contributed by atoms with van der Waals surface area (Å²) in [5.41, 5.74) is 2.77. The number of hydrogen-bond acceptors (Lipinski definition) is 3. The van der Waals surface area contributed by atoms with E-state index in [-0.39, 0.29) is 17.6 Å². The number of anilines is 1. The van der Waals surface area contributed by atoms with E-state index in [2.05, 4.69) is 10.2 Å². The Morgan fingerprint density at radius 2 is 1.71 bits per heavy atom. The molecule has 0 unspecified atom stereocenters. The van der Waals surface area contributed by atoms with Gasteiger partial charge in [0.05, 0.1) is 0 Å². The zero-order chi connectivity index (χ0) is 21.8. The summed E-state index contributed by atoms with van der Waals surface area (Å²) in [4.78, 5) is 29.4. The number of amides is 2. The molecule has 1 saturated carbocycles. The highest BCUT2D eigenvalue weighted by molar-refractivity contribution is 6.04. The molecule has 1 aliphatic heterocycles. The molecule has 1 heterocycles. The van der Waals surface area contributed by atoms with Gasteiger partial charge in [0.1, 0.15) is 5.82 Å². The first kappa shape index (κ1) is 21.5. The Hall–Kier alpha value is -2.73. The van der Waals surface area contributed by atoms with Gasteiger partial charge in [0.25, 0.3) is 5.91 Å². The van der Waals surface area contributed by atoms with E-state index in [1.54, 1.807) is 30.3 Å². The Morgan fingerprint density at radius 3 is 2.39 bits per heavy atom. The molecule has 1 N–H and O–H groups in total. The molecule has 0 bridgehead atoms. The molecule has 1 saturated heterocycles. The fraction of sp³-hybridized carbons (Fsp3) is 0.440. The summed E-state index contributed by atoms with van der Waals surface area (Å²) < 4.78 is 14.3. The van der Waals surface area contributed by atoms with Gasteiger partial charge in [-0.25, -0.2) is 4.39 Å². The van der Waals surface area contributed by atoms with Crippen molar-refractivity contribution < 1.29 is 14.0 Å². The number of nitrogens with zero attached hydrogens (tertiary/aromatic N) is 2. The summed E-state index contributed by atoms with van der Waals surface area (Å²) in [6.07, 6.45) is 4.38. The highest BCUT2D eigenvalue weighted by Gasteiger charge is 2.29. The molecule has 2 aliphatic rings. The van der Waals surface area contributed by atoms with Gasteiger partial charge in [0.15, 0.2) is 0 Å². The van der Waals surface area contributed by atoms with Crippen molar-refractivity contribution in [3.05, 3.63) is 65.0 Å². The molecular weight excluding hydrogens is 393 g/mol. The van der Waals surface area contributed by atoms with Crippen molar-refractivity contribution in [1.82, 2.24) is 9.80 Å². The summed E-state index contributed by atoms with van der Waals surface area (Å²) in [6.45, 7) is 5.52. The molecule has 5 nitrogen and oxygen atoms in total. The number of halogens is 1. The van der Waals surface area contributed by atoms with E-state index in [0.29, 0.717) is 23.7 Å². The molecule has 0 aromatic heterocycles. The van der Waals surface area contributed by atoms with Gasteiger partial charge in [0, 0.05) is 49.9 Å². The van der Waals surface area contributed by atoms with Crippen LogP contribution in [0.25, 0.3) is 0 Å². The number of rotatable bonds is 5. The van der Waals surface area contributed by atoms with E-state index < -0.39 is 0 Å². The minimum Gasteiger partial charge on any atom is -0.340 e. The number of carbonyl (C=O) groups excluding carboxylic acids is 2. The first-order valence-electron chi connectivity index (χ1n) is 11.2. The van der Waals surface area contributed by atoms with Crippen LogP contribution >= 0.6 is 0 Å². The van der Waals surface area contributed by atoms with E-state index in [0.717, 1.165) is 50.1 Å². The smallest absolute Gasteiger partial charge is 0.255 e. The minimum atomic E-state index is -0.362. The first-order chi connectivity index (χ1) is 15.0. The summed E-state index contributed by atoms with van der Waals surface area (Å²) in [5.74, 6) is -0.0870. The van der Waals surface area contributed by atoms with Gasteiger partial charge in [-0.1, -0.05) is 31.0 Å². The fourth-order valence-corrected chi connectivity index (χ4v) is 4.61. The lowest BCUT2D eigenvalue weighted by Gasteiger charge is -2.36. The second-order valence-corrected chi connectivity index (χ2v) is 8.64. The van der Waals surface area contributed by atoms with Gasteiger partial charge in [-0.05, 0) is 55.2 Å². The Labute approximate surface area is 183 Å². The summed E-state index contributed by atoms with van der Waals surface area (Å²) in [6, 6.07) is 11.8. The van der Waals surface area contributed by atoms with Crippen LogP contribution in [0.4, 0.5) is 10.1 Å². The summed E-state index contributed by atoms with van der Waals surface area (Å²) >= 11 is 0. The van der Waals surface area contributed by atoms with Gasteiger partial charge in [-0.2, -0.15) is 0 Å². The van der Waals surface area contributed by atoms with Crippen LogP contribution in [0.5, 0.6) is 0 Å².